The van der Waals surface area contributed by atoms with Crippen molar-refractivity contribution in [3.05, 3.63) is 35.4 Å². The molecule has 0 amide bonds. The molecular formula is C20H36IN3OS. The fourth-order valence-corrected chi connectivity index (χ4v) is 3.26. The monoisotopic (exact) mass is 493 g/mol. The minimum Gasteiger partial charge on any atom is -0.356 e. The van der Waals surface area contributed by atoms with Crippen molar-refractivity contribution in [3.63, 3.8) is 0 Å². The molecule has 0 spiro atoms. The van der Waals surface area contributed by atoms with Crippen LogP contribution in [0.15, 0.2) is 29.3 Å². The summed E-state index contributed by atoms with van der Waals surface area (Å²) in [6.45, 7) is 12.0. The molecular weight excluding hydrogens is 457 g/mol. The molecule has 0 heterocycles. The van der Waals surface area contributed by atoms with Crippen LogP contribution in [-0.2, 0) is 17.2 Å². The van der Waals surface area contributed by atoms with Gasteiger partial charge in [0.05, 0.1) is 0 Å². The molecule has 1 unspecified atom stereocenters. The Morgan fingerprint density at radius 1 is 1.12 bits per heavy atom. The van der Waals surface area contributed by atoms with Crippen LogP contribution in [0.5, 0.6) is 0 Å². The van der Waals surface area contributed by atoms with Gasteiger partial charge in [0.2, 0.25) is 0 Å². The third-order valence-electron chi connectivity index (χ3n) is 4.07. The van der Waals surface area contributed by atoms with Crippen LogP contribution >= 0.6 is 24.0 Å². The fourth-order valence-electron chi connectivity index (χ4n) is 2.36. The van der Waals surface area contributed by atoms with Gasteiger partial charge in [-0.05, 0) is 50.7 Å². The van der Waals surface area contributed by atoms with E-state index in [1.807, 2.05) is 20.8 Å². The number of hydrogen-bond donors (Lipinski definition) is 2. The van der Waals surface area contributed by atoms with E-state index in [0.717, 1.165) is 25.3 Å². The van der Waals surface area contributed by atoms with Crippen LogP contribution in [-0.4, -0.2) is 40.8 Å². The number of nitrogens with zero attached hydrogens (tertiary/aromatic N) is 1. The van der Waals surface area contributed by atoms with E-state index in [0.29, 0.717) is 18.2 Å². The van der Waals surface area contributed by atoms with Gasteiger partial charge >= 0.3 is 0 Å². The number of aliphatic imine (C=N–C) groups is 1. The first-order valence-corrected chi connectivity index (χ1v) is 10.5. The fraction of sp³-hybridized carbons (Fsp3) is 0.650. The molecule has 0 aliphatic heterocycles. The Morgan fingerprint density at radius 2 is 1.69 bits per heavy atom. The summed E-state index contributed by atoms with van der Waals surface area (Å²) in [4.78, 5) is 4.22. The summed E-state index contributed by atoms with van der Waals surface area (Å²) in [5.41, 5.74) is 2.76. The largest absolute Gasteiger partial charge is 0.356 e. The zero-order valence-electron chi connectivity index (χ0n) is 17.1. The Morgan fingerprint density at radius 3 is 2.19 bits per heavy atom. The Bertz CT molecular complexity index is 565. The first kappa shape index (κ1) is 25.4. The van der Waals surface area contributed by atoms with Crippen LogP contribution in [0.4, 0.5) is 0 Å². The zero-order chi connectivity index (χ0) is 18.9. The maximum absolute atomic E-state index is 12.0. The van der Waals surface area contributed by atoms with Crippen LogP contribution in [0.1, 0.15) is 58.1 Å². The van der Waals surface area contributed by atoms with Crippen molar-refractivity contribution < 1.29 is 4.21 Å². The predicted molar refractivity (Wildman–Crippen MR) is 126 cm³/mol. The molecule has 0 saturated heterocycles. The molecule has 0 aromatic heterocycles. The normalized spacial score (nSPS) is 13.3. The molecule has 150 valence electrons. The summed E-state index contributed by atoms with van der Waals surface area (Å²) < 4.78 is 11.9. The Hall–Kier alpha value is -0.630. The second-order valence-electron chi connectivity index (χ2n) is 7.59. The van der Waals surface area contributed by atoms with Crippen LogP contribution < -0.4 is 10.6 Å². The smallest absolute Gasteiger partial charge is 0.191 e. The van der Waals surface area contributed by atoms with Crippen molar-refractivity contribution in [1.82, 2.24) is 10.6 Å². The highest BCUT2D eigenvalue weighted by Crippen LogP contribution is 2.15. The summed E-state index contributed by atoms with van der Waals surface area (Å²) in [5.74, 6) is 1.99. The SMILES string of the molecule is CN=C(NCCCc1ccc(C(C)C)cc1)NCCS(=O)C(C)(C)C.I. The average Bonchev–Trinajstić information content (AvgIpc) is 2.56. The summed E-state index contributed by atoms with van der Waals surface area (Å²) >= 11 is 0. The molecule has 0 radical (unpaired) electrons. The van der Waals surface area contributed by atoms with Crippen molar-refractivity contribution >= 4 is 40.7 Å². The van der Waals surface area contributed by atoms with E-state index in [4.69, 9.17) is 0 Å². The third kappa shape index (κ3) is 9.90. The number of aryl methyl sites for hydroxylation is 1. The van der Waals surface area contributed by atoms with Crippen molar-refractivity contribution in [2.45, 2.75) is 58.1 Å². The lowest BCUT2D eigenvalue weighted by Gasteiger charge is -2.18. The lowest BCUT2D eigenvalue weighted by molar-refractivity contribution is 0.646. The first-order chi connectivity index (χ1) is 11.7. The van der Waals surface area contributed by atoms with Gasteiger partial charge in [0.1, 0.15) is 0 Å². The molecule has 1 atom stereocenters. The number of benzene rings is 1. The molecule has 0 saturated carbocycles. The molecule has 1 aromatic rings. The van der Waals surface area contributed by atoms with Crippen molar-refractivity contribution in [2.75, 3.05) is 25.9 Å². The first-order valence-electron chi connectivity index (χ1n) is 9.16. The van der Waals surface area contributed by atoms with Crippen LogP contribution in [0.3, 0.4) is 0 Å². The number of halogens is 1. The molecule has 2 N–H and O–H groups in total. The maximum atomic E-state index is 12.0. The molecule has 0 fully saturated rings. The minimum absolute atomic E-state index is 0. The quantitative estimate of drug-likeness (QED) is 0.249. The van der Waals surface area contributed by atoms with E-state index in [2.05, 4.69) is 53.7 Å². The van der Waals surface area contributed by atoms with E-state index in [1.165, 1.54) is 11.1 Å². The van der Waals surface area contributed by atoms with E-state index < -0.39 is 10.8 Å². The Labute approximate surface area is 179 Å². The highest BCUT2D eigenvalue weighted by molar-refractivity contribution is 14.0. The molecule has 6 heteroatoms. The molecule has 1 aromatic carbocycles. The van der Waals surface area contributed by atoms with Crippen molar-refractivity contribution in [3.8, 4) is 0 Å². The number of hydrogen-bond acceptors (Lipinski definition) is 2. The van der Waals surface area contributed by atoms with Crippen molar-refractivity contribution in [1.29, 1.82) is 0 Å². The number of guanidine groups is 1. The standard InChI is InChI=1S/C20H35N3OS.HI/c1-16(2)18-11-9-17(10-12-18)8-7-13-22-19(21-6)23-14-15-25(24)20(3,4)5;/h9-12,16H,7-8,13-15H2,1-6H3,(H2,21,22,23);1H. The maximum Gasteiger partial charge on any atom is 0.191 e. The lowest BCUT2D eigenvalue weighted by atomic mass is 10.0. The van der Waals surface area contributed by atoms with Crippen LogP contribution in [0.2, 0.25) is 0 Å². The highest BCUT2D eigenvalue weighted by Gasteiger charge is 2.18. The summed E-state index contributed by atoms with van der Waals surface area (Å²) in [6, 6.07) is 8.90. The van der Waals surface area contributed by atoms with Gasteiger partial charge in [-0.25, -0.2) is 0 Å². The average molecular weight is 493 g/mol. The summed E-state index contributed by atoms with van der Waals surface area (Å²) in [5, 5.41) is 6.56. The molecule has 0 aliphatic carbocycles. The van der Waals surface area contributed by atoms with Gasteiger partial charge in [0.15, 0.2) is 5.96 Å². The van der Waals surface area contributed by atoms with E-state index >= 15 is 0 Å². The topological polar surface area (TPSA) is 53.5 Å². The van der Waals surface area contributed by atoms with Gasteiger partial charge in [0.25, 0.3) is 0 Å². The van der Waals surface area contributed by atoms with Crippen LogP contribution in [0, 0.1) is 0 Å². The van der Waals surface area contributed by atoms with Gasteiger partial charge in [-0.3, -0.25) is 9.20 Å². The van der Waals surface area contributed by atoms with Crippen molar-refractivity contribution in [2.24, 2.45) is 4.99 Å². The van der Waals surface area contributed by atoms with E-state index in [-0.39, 0.29) is 28.7 Å². The highest BCUT2D eigenvalue weighted by atomic mass is 127. The van der Waals surface area contributed by atoms with Gasteiger partial charge in [-0.1, -0.05) is 38.1 Å². The zero-order valence-corrected chi connectivity index (χ0v) is 20.2. The minimum atomic E-state index is -0.839. The Kier molecular flexibility index (Phi) is 12.4. The second-order valence-corrected chi connectivity index (χ2v) is 9.91. The number of nitrogens with one attached hydrogen (secondary N) is 2. The predicted octanol–water partition coefficient (Wildman–Crippen LogP) is 4.07. The lowest BCUT2D eigenvalue weighted by Crippen LogP contribution is -2.40. The molecule has 0 bridgehead atoms. The van der Waals surface area contributed by atoms with Crippen LogP contribution in [0.25, 0.3) is 0 Å². The van der Waals surface area contributed by atoms with E-state index in [1.54, 1.807) is 7.05 Å². The third-order valence-corrected chi connectivity index (χ3v) is 6.01. The van der Waals surface area contributed by atoms with Gasteiger partial charge in [-0.2, -0.15) is 0 Å². The number of rotatable bonds is 8. The second kappa shape index (κ2) is 12.7. The van der Waals surface area contributed by atoms with E-state index in [9.17, 15) is 4.21 Å². The summed E-state index contributed by atoms with van der Waals surface area (Å²) in [6.07, 6.45) is 2.10. The van der Waals surface area contributed by atoms with Gasteiger partial charge < -0.3 is 10.6 Å². The van der Waals surface area contributed by atoms with Gasteiger partial charge in [0, 0.05) is 41.4 Å². The molecule has 1 rings (SSSR count). The van der Waals surface area contributed by atoms with Gasteiger partial charge in [-0.15, -0.1) is 24.0 Å². The molecule has 0 aliphatic rings. The molecule has 26 heavy (non-hydrogen) atoms. The summed E-state index contributed by atoms with van der Waals surface area (Å²) in [7, 11) is 0.926. The Balaban J connectivity index is 0.00000625. The molecule has 4 nitrogen and oxygen atoms in total.